The van der Waals surface area contributed by atoms with Gasteiger partial charge in [-0.1, -0.05) is 12.1 Å². The summed E-state index contributed by atoms with van der Waals surface area (Å²) in [5.74, 6) is -0.676. The number of hydrogen-bond donors (Lipinski definition) is 0. The maximum absolute atomic E-state index is 14.1. The van der Waals surface area contributed by atoms with Gasteiger partial charge in [0, 0.05) is 48.9 Å². The fraction of sp³-hybridized carbons (Fsp3) is 0.423. The van der Waals surface area contributed by atoms with Crippen molar-refractivity contribution in [3.63, 3.8) is 0 Å². The zero-order valence-electron chi connectivity index (χ0n) is 20.4. The van der Waals surface area contributed by atoms with Crippen LogP contribution in [0.5, 0.6) is 0 Å². The minimum Gasteiger partial charge on any atom is -0.379 e. The van der Waals surface area contributed by atoms with Gasteiger partial charge in [-0.25, -0.2) is 8.78 Å². The topological polar surface area (TPSA) is 63.5 Å². The van der Waals surface area contributed by atoms with E-state index < -0.39 is 35.4 Å². The van der Waals surface area contributed by atoms with Crippen molar-refractivity contribution in [2.45, 2.75) is 31.0 Å². The fourth-order valence-electron chi connectivity index (χ4n) is 5.41. The molecule has 38 heavy (non-hydrogen) atoms. The van der Waals surface area contributed by atoms with Gasteiger partial charge in [-0.2, -0.15) is 13.2 Å². The quantitative estimate of drug-likeness (QED) is 0.445. The van der Waals surface area contributed by atoms with Crippen LogP contribution in [0.25, 0.3) is 0 Å². The fourth-order valence-corrected chi connectivity index (χ4v) is 5.41. The number of carbonyl (C=O) groups excluding carboxylic acids is 1. The van der Waals surface area contributed by atoms with Crippen LogP contribution in [0.1, 0.15) is 32.9 Å². The Morgan fingerprint density at radius 1 is 1.13 bits per heavy atom. The summed E-state index contributed by atoms with van der Waals surface area (Å²) in [4.78, 5) is 16.2. The number of halogens is 5. The number of carbonyl (C=O) groups is 1. The minimum atomic E-state index is -4.70. The van der Waals surface area contributed by atoms with Crippen LogP contribution in [0, 0.1) is 5.92 Å². The van der Waals surface area contributed by atoms with E-state index in [1.807, 2.05) is 23.7 Å². The highest BCUT2D eigenvalue weighted by molar-refractivity contribution is 6.11. The van der Waals surface area contributed by atoms with Crippen molar-refractivity contribution in [2.75, 3.05) is 36.1 Å². The number of ether oxygens (including phenoxy) is 1. The first-order valence-electron chi connectivity index (χ1n) is 12.2. The molecule has 3 aromatic rings. The Morgan fingerprint density at radius 3 is 2.50 bits per heavy atom. The highest BCUT2D eigenvalue weighted by Crippen LogP contribution is 2.43. The molecular weight excluding hydrogens is 509 g/mol. The van der Waals surface area contributed by atoms with E-state index in [0.29, 0.717) is 25.3 Å². The zero-order valence-corrected chi connectivity index (χ0v) is 20.4. The molecule has 6 rings (SSSR count). The van der Waals surface area contributed by atoms with E-state index in [-0.39, 0.29) is 36.4 Å². The van der Waals surface area contributed by atoms with Crippen LogP contribution in [0.15, 0.2) is 42.7 Å². The normalized spacial score (nSPS) is 19.1. The molecule has 4 heterocycles. The van der Waals surface area contributed by atoms with Crippen LogP contribution in [0.2, 0.25) is 0 Å². The summed E-state index contributed by atoms with van der Waals surface area (Å²) in [6, 6.07) is 9.57. The van der Waals surface area contributed by atoms with Crippen molar-refractivity contribution in [1.29, 1.82) is 0 Å². The molecule has 0 bridgehead atoms. The summed E-state index contributed by atoms with van der Waals surface area (Å²) < 4.78 is 75.4. The average molecular weight is 534 g/mol. The highest BCUT2D eigenvalue weighted by Gasteiger charge is 2.44. The van der Waals surface area contributed by atoms with E-state index >= 15 is 0 Å². The summed E-state index contributed by atoms with van der Waals surface area (Å²) in [5, 5.41) is 8.10. The lowest BCUT2D eigenvalue weighted by Gasteiger charge is -2.42. The van der Waals surface area contributed by atoms with E-state index in [0.717, 1.165) is 17.5 Å². The second-order valence-electron chi connectivity index (χ2n) is 10.3. The standard InChI is InChI=1S/C26H24F5N5O2/c1-34-14-32-33-22(34)8-25(12-38-13-25)16-3-2-4-17(5-16)36-11-20-19(24(36)37)6-18(7-21(20)26(29,30)31)35-9-15(10-35)23(27)28/h2-7,14-15,23H,8-13H2,1H3. The van der Waals surface area contributed by atoms with E-state index in [1.165, 1.54) is 15.9 Å². The van der Waals surface area contributed by atoms with Crippen molar-refractivity contribution in [2.24, 2.45) is 13.0 Å². The Hall–Kier alpha value is -3.54. The lowest BCUT2D eigenvalue weighted by atomic mass is 9.75. The molecule has 1 amide bonds. The van der Waals surface area contributed by atoms with Crippen molar-refractivity contribution < 1.29 is 31.5 Å². The maximum atomic E-state index is 14.1. The number of anilines is 2. The third-order valence-electron chi connectivity index (χ3n) is 7.79. The number of aromatic nitrogens is 3. The molecule has 200 valence electrons. The number of aryl methyl sites for hydroxylation is 1. The first kappa shape index (κ1) is 24.8. The van der Waals surface area contributed by atoms with Gasteiger partial charge in [-0.05, 0) is 35.4 Å². The Morgan fingerprint density at radius 2 is 1.89 bits per heavy atom. The van der Waals surface area contributed by atoms with Crippen molar-refractivity contribution in [3.8, 4) is 0 Å². The van der Waals surface area contributed by atoms with Crippen LogP contribution >= 0.6 is 0 Å². The van der Waals surface area contributed by atoms with E-state index in [2.05, 4.69) is 10.2 Å². The molecule has 2 saturated heterocycles. The van der Waals surface area contributed by atoms with Gasteiger partial charge in [0.25, 0.3) is 5.91 Å². The van der Waals surface area contributed by atoms with E-state index in [4.69, 9.17) is 4.74 Å². The van der Waals surface area contributed by atoms with Gasteiger partial charge in [-0.3, -0.25) is 4.79 Å². The smallest absolute Gasteiger partial charge is 0.379 e. The molecule has 0 aliphatic carbocycles. The molecule has 2 aromatic carbocycles. The molecule has 0 atom stereocenters. The first-order chi connectivity index (χ1) is 18.1. The summed E-state index contributed by atoms with van der Waals surface area (Å²) >= 11 is 0. The predicted octanol–water partition coefficient (Wildman–Crippen LogP) is 4.21. The van der Waals surface area contributed by atoms with E-state index in [9.17, 15) is 26.7 Å². The van der Waals surface area contributed by atoms with Crippen LogP contribution in [0.4, 0.5) is 33.3 Å². The van der Waals surface area contributed by atoms with Gasteiger partial charge < -0.3 is 19.1 Å². The van der Waals surface area contributed by atoms with Crippen LogP contribution in [0.3, 0.4) is 0 Å². The van der Waals surface area contributed by atoms with Gasteiger partial charge >= 0.3 is 6.18 Å². The van der Waals surface area contributed by atoms with Crippen molar-refractivity contribution >= 4 is 17.3 Å². The molecule has 2 fully saturated rings. The number of hydrogen-bond acceptors (Lipinski definition) is 5. The molecule has 0 radical (unpaired) electrons. The van der Waals surface area contributed by atoms with Gasteiger partial charge in [0.15, 0.2) is 0 Å². The first-order valence-corrected chi connectivity index (χ1v) is 12.2. The SMILES string of the molecule is Cn1cnnc1CC1(c2cccc(N3Cc4c(cc(N5CC(C(F)F)C5)cc4C(F)(F)F)C3=O)c2)COC1. The van der Waals surface area contributed by atoms with Crippen LogP contribution in [-0.4, -0.2) is 53.4 Å². The molecule has 0 spiro atoms. The Labute approximate surface area is 214 Å². The minimum absolute atomic E-state index is 0.0522. The summed E-state index contributed by atoms with van der Waals surface area (Å²) in [7, 11) is 1.85. The maximum Gasteiger partial charge on any atom is 0.416 e. The van der Waals surface area contributed by atoms with Gasteiger partial charge in [0.05, 0.1) is 31.2 Å². The predicted molar refractivity (Wildman–Crippen MR) is 127 cm³/mol. The number of amides is 1. The third kappa shape index (κ3) is 4.01. The van der Waals surface area contributed by atoms with Crippen molar-refractivity contribution in [1.82, 2.24) is 14.8 Å². The number of benzene rings is 2. The Bertz CT molecular complexity index is 1390. The summed E-state index contributed by atoms with van der Waals surface area (Å²) in [6.07, 6.45) is -5.07. The Kier molecular flexibility index (Phi) is 5.71. The number of nitrogens with zero attached hydrogens (tertiary/aromatic N) is 5. The third-order valence-corrected chi connectivity index (χ3v) is 7.79. The molecule has 3 aliphatic heterocycles. The molecule has 3 aliphatic rings. The molecule has 0 unspecified atom stereocenters. The van der Waals surface area contributed by atoms with E-state index in [1.54, 1.807) is 18.5 Å². The molecular formula is C26H24F5N5O2. The van der Waals surface area contributed by atoms with Gasteiger partial charge in [-0.15, -0.1) is 10.2 Å². The number of rotatable bonds is 6. The van der Waals surface area contributed by atoms with Gasteiger partial charge in [0.2, 0.25) is 6.43 Å². The molecule has 0 saturated carbocycles. The monoisotopic (exact) mass is 533 g/mol. The van der Waals surface area contributed by atoms with Crippen molar-refractivity contribution in [3.05, 3.63) is 70.8 Å². The number of alkyl halides is 5. The number of fused-ring (bicyclic) bond motifs is 1. The molecule has 1 aromatic heterocycles. The van der Waals surface area contributed by atoms with Gasteiger partial charge in [0.1, 0.15) is 12.2 Å². The average Bonchev–Trinajstić information content (AvgIpc) is 3.36. The lowest BCUT2D eigenvalue weighted by molar-refractivity contribution is -0.138. The largest absolute Gasteiger partial charge is 0.416 e. The molecule has 0 N–H and O–H groups in total. The Balaban J connectivity index is 1.32. The lowest BCUT2D eigenvalue weighted by Crippen LogP contribution is -2.50. The van der Waals surface area contributed by atoms with Crippen LogP contribution < -0.4 is 9.80 Å². The second-order valence-corrected chi connectivity index (χ2v) is 10.3. The zero-order chi connectivity index (χ0) is 26.8. The summed E-state index contributed by atoms with van der Waals surface area (Å²) in [5.41, 5.74) is 0.0301. The summed E-state index contributed by atoms with van der Waals surface area (Å²) in [6.45, 7) is 0.537. The molecule has 7 nitrogen and oxygen atoms in total. The second kappa shape index (κ2) is 8.75. The molecule has 12 heteroatoms. The highest BCUT2D eigenvalue weighted by atomic mass is 19.4. The van der Waals surface area contributed by atoms with Crippen LogP contribution in [-0.2, 0) is 36.3 Å².